The van der Waals surface area contributed by atoms with Crippen LogP contribution in [0.15, 0.2) is 46.5 Å². The van der Waals surface area contributed by atoms with Gasteiger partial charge in [-0.15, -0.1) is 0 Å². The van der Waals surface area contributed by atoms with E-state index < -0.39 is 30.2 Å². The van der Waals surface area contributed by atoms with Crippen molar-refractivity contribution >= 4 is 33.5 Å². The van der Waals surface area contributed by atoms with E-state index in [0.29, 0.717) is 5.75 Å². The zero-order valence-corrected chi connectivity index (χ0v) is 16.8. The molecule has 0 aromatic carbocycles. The Bertz CT molecular complexity index is 869. The number of nitrogens with one attached hydrogen (secondary N) is 1. The predicted molar refractivity (Wildman–Crippen MR) is 108 cm³/mol. The minimum Gasteiger partial charge on any atom is -0.448 e. The number of aromatic nitrogens is 3. The molecule has 0 spiro atoms. The first kappa shape index (κ1) is 21.6. The molecule has 0 bridgehead atoms. The third-order valence-corrected chi connectivity index (χ3v) is 6.17. The number of hydrogen-bond acceptors (Lipinski definition) is 10. The van der Waals surface area contributed by atoms with Crippen LogP contribution in [-0.4, -0.2) is 62.0 Å². The van der Waals surface area contributed by atoms with Crippen LogP contribution >= 0.6 is 21.6 Å². The summed E-state index contributed by atoms with van der Waals surface area (Å²) in [6.45, 7) is -0.159. The first-order valence-electron chi connectivity index (χ1n) is 8.74. The maximum Gasteiger partial charge on any atom is 0.412 e. The Balaban J connectivity index is 1.42. The first-order valence-corrected chi connectivity index (χ1v) is 11.1. The Kier molecular flexibility index (Phi) is 7.89. The van der Waals surface area contributed by atoms with Crippen LogP contribution in [0.3, 0.4) is 0 Å². The molecule has 0 radical (unpaired) electrons. The number of anilines is 1. The number of aliphatic hydroxyl groups is 2. The summed E-state index contributed by atoms with van der Waals surface area (Å²) in [5.41, 5.74) is -0.652. The summed E-state index contributed by atoms with van der Waals surface area (Å²) >= 11 is 0. The summed E-state index contributed by atoms with van der Waals surface area (Å²) in [7, 11) is 2.99. The van der Waals surface area contributed by atoms with E-state index in [2.05, 4.69) is 15.3 Å². The van der Waals surface area contributed by atoms with Gasteiger partial charge in [0.05, 0.1) is 12.7 Å². The number of amides is 1. The van der Waals surface area contributed by atoms with Crippen molar-refractivity contribution in [3.8, 4) is 0 Å². The van der Waals surface area contributed by atoms with Gasteiger partial charge in [0.25, 0.3) is 0 Å². The van der Waals surface area contributed by atoms with Crippen LogP contribution in [0.1, 0.15) is 12.6 Å². The van der Waals surface area contributed by atoms with Crippen LogP contribution < -0.4 is 11.0 Å². The second-order valence-electron chi connectivity index (χ2n) is 5.95. The van der Waals surface area contributed by atoms with E-state index in [-0.39, 0.29) is 25.5 Å². The maximum absolute atomic E-state index is 12.2. The average Bonchev–Trinajstić information content (AvgIpc) is 3.09. The van der Waals surface area contributed by atoms with Gasteiger partial charge in [-0.3, -0.25) is 9.88 Å². The lowest BCUT2D eigenvalue weighted by molar-refractivity contribution is -0.0458. The van der Waals surface area contributed by atoms with Crippen molar-refractivity contribution in [2.45, 2.75) is 29.9 Å². The highest BCUT2D eigenvalue weighted by atomic mass is 33.1. The van der Waals surface area contributed by atoms with Crippen molar-refractivity contribution in [1.82, 2.24) is 14.5 Å². The molecule has 1 aliphatic heterocycles. The molecule has 3 N–H and O–H groups in total. The quantitative estimate of drug-likeness (QED) is 0.407. The minimum atomic E-state index is -0.863. The van der Waals surface area contributed by atoms with Crippen molar-refractivity contribution in [3.05, 3.63) is 47.1 Å². The largest absolute Gasteiger partial charge is 0.448 e. The molecule has 3 atom stereocenters. The molecule has 3 unspecified atom stereocenters. The molecule has 0 aliphatic carbocycles. The van der Waals surface area contributed by atoms with Crippen LogP contribution in [0.5, 0.6) is 0 Å². The van der Waals surface area contributed by atoms with Gasteiger partial charge in [-0.25, -0.2) is 14.6 Å². The van der Waals surface area contributed by atoms with Crippen molar-refractivity contribution in [2.75, 3.05) is 24.3 Å². The molecule has 12 heteroatoms. The van der Waals surface area contributed by atoms with Crippen molar-refractivity contribution in [1.29, 1.82) is 0 Å². The molecule has 1 saturated heterocycles. The van der Waals surface area contributed by atoms with E-state index in [1.54, 1.807) is 6.20 Å². The van der Waals surface area contributed by atoms with Gasteiger partial charge in [-0.2, -0.15) is 4.98 Å². The van der Waals surface area contributed by atoms with Crippen molar-refractivity contribution < 1.29 is 24.5 Å². The third-order valence-electron chi connectivity index (χ3n) is 3.94. The summed E-state index contributed by atoms with van der Waals surface area (Å²) in [5.74, 6) is 0.612. The molecule has 1 amide bonds. The van der Waals surface area contributed by atoms with Gasteiger partial charge in [-0.1, -0.05) is 16.9 Å². The fraction of sp³-hybridized carbons (Fsp3) is 0.412. The third kappa shape index (κ3) is 6.18. The summed E-state index contributed by atoms with van der Waals surface area (Å²) in [4.78, 5) is 31.9. The number of ether oxygens (including phenoxy) is 2. The van der Waals surface area contributed by atoms with Gasteiger partial charge in [-0.05, 0) is 29.0 Å². The predicted octanol–water partition coefficient (Wildman–Crippen LogP) is 1.27. The molecular formula is C17H20N4O6S2. The van der Waals surface area contributed by atoms with E-state index >= 15 is 0 Å². The second-order valence-corrected chi connectivity index (χ2v) is 8.39. The van der Waals surface area contributed by atoms with Crippen molar-refractivity contribution in [3.63, 3.8) is 0 Å². The number of aliphatic hydroxyl groups excluding tert-OH is 2. The SMILES string of the molecule is O=C(Nc1ccn(C2CC(O)C(CO)O2)c(=O)n1)OCCSSc1ccccn1. The van der Waals surface area contributed by atoms with Gasteiger partial charge < -0.3 is 19.7 Å². The molecule has 10 nitrogen and oxygen atoms in total. The Morgan fingerprint density at radius 2 is 2.28 bits per heavy atom. The first-order chi connectivity index (χ1) is 14.1. The van der Waals surface area contributed by atoms with Crippen LogP contribution in [-0.2, 0) is 9.47 Å². The van der Waals surface area contributed by atoms with E-state index in [1.165, 1.54) is 38.4 Å². The van der Waals surface area contributed by atoms with E-state index in [4.69, 9.17) is 14.6 Å². The molecule has 3 rings (SSSR count). The zero-order valence-electron chi connectivity index (χ0n) is 15.2. The van der Waals surface area contributed by atoms with Gasteiger partial charge in [0, 0.05) is 24.6 Å². The minimum absolute atomic E-state index is 0.0454. The lowest BCUT2D eigenvalue weighted by Crippen LogP contribution is -2.28. The molecule has 29 heavy (non-hydrogen) atoms. The van der Waals surface area contributed by atoms with Crippen LogP contribution in [0, 0.1) is 0 Å². The molecule has 3 heterocycles. The molecule has 0 saturated carbocycles. The van der Waals surface area contributed by atoms with Crippen LogP contribution in [0.4, 0.5) is 10.6 Å². The number of hydrogen-bond donors (Lipinski definition) is 3. The summed E-state index contributed by atoms with van der Waals surface area (Å²) in [6, 6.07) is 7.05. The topological polar surface area (TPSA) is 136 Å². The summed E-state index contributed by atoms with van der Waals surface area (Å²) in [6.07, 6.45) is 0.228. The Labute approximate surface area is 174 Å². The second kappa shape index (κ2) is 10.6. The van der Waals surface area contributed by atoms with Crippen LogP contribution in [0.2, 0.25) is 0 Å². The lowest BCUT2D eigenvalue weighted by Gasteiger charge is -2.14. The summed E-state index contributed by atoms with van der Waals surface area (Å²) in [5, 5.41) is 22.2. The maximum atomic E-state index is 12.2. The molecule has 156 valence electrons. The highest BCUT2D eigenvalue weighted by Crippen LogP contribution is 2.28. The highest BCUT2D eigenvalue weighted by Gasteiger charge is 2.34. The highest BCUT2D eigenvalue weighted by molar-refractivity contribution is 8.76. The standard InChI is InChI=1S/C17H20N4O6S2/c22-10-12-11(23)9-15(27-12)21-6-4-13(19-16(21)24)20-17(25)26-7-8-28-29-14-3-1-2-5-18-14/h1-6,11-12,15,22-23H,7-10H2,(H,19,20,24,25). The Morgan fingerprint density at radius 1 is 1.41 bits per heavy atom. The fourth-order valence-electron chi connectivity index (χ4n) is 2.56. The zero-order chi connectivity index (χ0) is 20.6. The average molecular weight is 441 g/mol. The van der Waals surface area contributed by atoms with Gasteiger partial charge in [0.2, 0.25) is 0 Å². The number of pyridine rings is 1. The Hall–Kier alpha value is -2.12. The Morgan fingerprint density at radius 3 is 2.97 bits per heavy atom. The monoisotopic (exact) mass is 440 g/mol. The van der Waals surface area contributed by atoms with Crippen LogP contribution in [0.25, 0.3) is 0 Å². The number of carbonyl (C=O) groups is 1. The number of carbonyl (C=O) groups excluding carboxylic acids is 1. The van der Waals surface area contributed by atoms with Gasteiger partial charge >= 0.3 is 11.8 Å². The van der Waals surface area contributed by atoms with Crippen molar-refractivity contribution in [2.24, 2.45) is 0 Å². The van der Waals surface area contributed by atoms with Gasteiger partial charge in [0.15, 0.2) is 0 Å². The van der Waals surface area contributed by atoms with E-state index in [9.17, 15) is 14.7 Å². The molecule has 2 aromatic heterocycles. The molecule has 1 fully saturated rings. The molecule has 2 aromatic rings. The normalized spacial score (nSPS) is 21.1. The number of nitrogens with zero attached hydrogens (tertiary/aromatic N) is 3. The molecule has 1 aliphatic rings. The van der Waals surface area contributed by atoms with E-state index in [0.717, 1.165) is 5.03 Å². The smallest absolute Gasteiger partial charge is 0.412 e. The number of rotatable bonds is 8. The van der Waals surface area contributed by atoms with E-state index in [1.807, 2.05) is 18.2 Å². The molecular weight excluding hydrogens is 420 g/mol. The van der Waals surface area contributed by atoms with Gasteiger partial charge in [0.1, 0.15) is 29.8 Å². The fourth-order valence-corrected chi connectivity index (χ4v) is 4.26. The lowest BCUT2D eigenvalue weighted by atomic mass is 10.2. The summed E-state index contributed by atoms with van der Waals surface area (Å²) < 4.78 is 11.7.